The summed E-state index contributed by atoms with van der Waals surface area (Å²) in [5, 5.41) is 12.5. The first-order chi connectivity index (χ1) is 9.78. The molecule has 0 aliphatic carbocycles. The van der Waals surface area contributed by atoms with Gasteiger partial charge in [0.25, 0.3) is 0 Å². The summed E-state index contributed by atoms with van der Waals surface area (Å²) in [5.41, 5.74) is 4.86. The minimum atomic E-state index is 0.0240. The van der Waals surface area contributed by atoms with Gasteiger partial charge in [-0.15, -0.1) is 11.3 Å². The highest BCUT2D eigenvalue weighted by atomic mass is 32.1. The summed E-state index contributed by atoms with van der Waals surface area (Å²) >= 11 is 1.63. The summed E-state index contributed by atoms with van der Waals surface area (Å²) in [4.78, 5) is 8.79. The lowest BCUT2D eigenvalue weighted by atomic mass is 10.00. The number of aliphatic hydroxyl groups excluding tert-OH is 1. The molecule has 0 radical (unpaired) electrons. The predicted molar refractivity (Wildman–Crippen MR) is 81.4 cm³/mol. The minimum absolute atomic E-state index is 0.0240. The monoisotopic (exact) mass is 282 g/mol. The lowest BCUT2D eigenvalue weighted by molar-refractivity contribution is 0.282. The Bertz CT molecular complexity index is 737. The third-order valence-electron chi connectivity index (χ3n) is 3.15. The Labute approximate surface area is 121 Å². The molecule has 1 aromatic carbocycles. The number of nitrogens with zero attached hydrogens (tertiary/aromatic N) is 2. The van der Waals surface area contributed by atoms with Crippen molar-refractivity contribution in [1.29, 1.82) is 0 Å². The van der Waals surface area contributed by atoms with Crippen LogP contribution in [0.1, 0.15) is 10.6 Å². The number of aliphatic hydroxyl groups is 1. The Morgan fingerprint density at radius 3 is 2.70 bits per heavy atom. The van der Waals surface area contributed by atoms with E-state index in [4.69, 9.17) is 0 Å². The van der Waals surface area contributed by atoms with Crippen LogP contribution in [-0.2, 0) is 6.61 Å². The van der Waals surface area contributed by atoms with Crippen LogP contribution in [0, 0.1) is 6.92 Å². The molecule has 2 heterocycles. The van der Waals surface area contributed by atoms with Crippen molar-refractivity contribution in [2.75, 3.05) is 0 Å². The fraction of sp³-hybridized carbons (Fsp3) is 0.125. The summed E-state index contributed by atoms with van der Waals surface area (Å²) in [6, 6.07) is 9.88. The molecule has 20 heavy (non-hydrogen) atoms. The van der Waals surface area contributed by atoms with Gasteiger partial charge < -0.3 is 5.11 Å². The second kappa shape index (κ2) is 5.53. The summed E-state index contributed by atoms with van der Waals surface area (Å²) in [6.45, 7) is 2.02. The van der Waals surface area contributed by atoms with Crippen molar-refractivity contribution in [3.8, 4) is 22.4 Å². The fourth-order valence-corrected chi connectivity index (χ4v) is 2.79. The number of aryl methyl sites for hydroxylation is 1. The minimum Gasteiger partial charge on any atom is -0.392 e. The molecule has 4 heteroatoms. The van der Waals surface area contributed by atoms with E-state index in [1.165, 1.54) is 0 Å². The van der Waals surface area contributed by atoms with Gasteiger partial charge in [-0.1, -0.05) is 24.3 Å². The number of benzene rings is 1. The van der Waals surface area contributed by atoms with Gasteiger partial charge in [-0.25, -0.2) is 4.98 Å². The molecule has 0 amide bonds. The van der Waals surface area contributed by atoms with Crippen LogP contribution >= 0.6 is 11.3 Å². The lowest BCUT2D eigenvalue weighted by Crippen LogP contribution is -1.90. The first-order valence-electron chi connectivity index (χ1n) is 6.34. The average molecular weight is 282 g/mol. The Hall–Kier alpha value is -2.04. The van der Waals surface area contributed by atoms with Crippen molar-refractivity contribution in [2.45, 2.75) is 13.5 Å². The van der Waals surface area contributed by atoms with E-state index in [2.05, 4.69) is 16.0 Å². The predicted octanol–water partition coefficient (Wildman–Crippen LogP) is 3.67. The van der Waals surface area contributed by atoms with E-state index in [0.29, 0.717) is 0 Å². The molecule has 2 aromatic heterocycles. The van der Waals surface area contributed by atoms with Gasteiger partial charge in [0.2, 0.25) is 0 Å². The molecular weight excluding hydrogens is 268 g/mol. The van der Waals surface area contributed by atoms with E-state index in [1.807, 2.05) is 49.0 Å². The largest absolute Gasteiger partial charge is 0.392 e. The first-order valence-corrected chi connectivity index (χ1v) is 7.22. The lowest BCUT2D eigenvalue weighted by Gasteiger charge is -2.08. The van der Waals surface area contributed by atoms with Crippen molar-refractivity contribution in [1.82, 2.24) is 9.97 Å². The van der Waals surface area contributed by atoms with Crippen LogP contribution in [0.25, 0.3) is 22.4 Å². The van der Waals surface area contributed by atoms with Crippen molar-refractivity contribution < 1.29 is 5.11 Å². The molecule has 0 saturated heterocycles. The molecule has 0 aliphatic heterocycles. The summed E-state index contributed by atoms with van der Waals surface area (Å²) < 4.78 is 0. The van der Waals surface area contributed by atoms with Gasteiger partial charge in [0.1, 0.15) is 0 Å². The van der Waals surface area contributed by atoms with Crippen LogP contribution in [0.3, 0.4) is 0 Å². The van der Waals surface area contributed by atoms with Crippen LogP contribution in [0.5, 0.6) is 0 Å². The zero-order valence-corrected chi connectivity index (χ0v) is 11.9. The van der Waals surface area contributed by atoms with Crippen LogP contribution in [-0.4, -0.2) is 15.1 Å². The van der Waals surface area contributed by atoms with Gasteiger partial charge in [0, 0.05) is 28.9 Å². The molecule has 3 rings (SSSR count). The maximum Gasteiger partial charge on any atom is 0.0901 e. The van der Waals surface area contributed by atoms with Gasteiger partial charge in [-0.05, 0) is 24.1 Å². The molecular formula is C16H14N2OS. The fourth-order valence-electron chi connectivity index (χ4n) is 2.16. The van der Waals surface area contributed by atoms with E-state index in [0.717, 1.165) is 33.0 Å². The molecule has 3 aromatic rings. The third-order valence-corrected chi connectivity index (χ3v) is 3.93. The van der Waals surface area contributed by atoms with Gasteiger partial charge in [0.05, 0.1) is 17.3 Å². The maximum atomic E-state index is 9.44. The number of hydrogen-bond acceptors (Lipinski definition) is 4. The number of rotatable bonds is 3. The van der Waals surface area contributed by atoms with E-state index < -0.39 is 0 Å². The number of hydrogen-bond donors (Lipinski definition) is 1. The van der Waals surface area contributed by atoms with E-state index >= 15 is 0 Å². The zero-order valence-electron chi connectivity index (χ0n) is 11.1. The molecule has 0 fully saturated rings. The second-order valence-corrected chi connectivity index (χ2v) is 5.59. The van der Waals surface area contributed by atoms with Crippen molar-refractivity contribution in [2.24, 2.45) is 0 Å². The van der Waals surface area contributed by atoms with Gasteiger partial charge >= 0.3 is 0 Å². The molecule has 0 bridgehead atoms. The number of aromatic nitrogens is 2. The smallest absolute Gasteiger partial charge is 0.0901 e. The van der Waals surface area contributed by atoms with E-state index in [1.54, 1.807) is 11.3 Å². The molecule has 3 nitrogen and oxygen atoms in total. The summed E-state index contributed by atoms with van der Waals surface area (Å²) in [6.07, 6.45) is 3.64. The van der Waals surface area contributed by atoms with Crippen molar-refractivity contribution >= 4 is 11.3 Å². The second-order valence-electron chi connectivity index (χ2n) is 4.53. The topological polar surface area (TPSA) is 46.0 Å². The van der Waals surface area contributed by atoms with Crippen LogP contribution in [0.15, 0.2) is 48.1 Å². The summed E-state index contributed by atoms with van der Waals surface area (Å²) in [5.74, 6) is 0. The quantitative estimate of drug-likeness (QED) is 0.797. The molecule has 1 N–H and O–H groups in total. The van der Waals surface area contributed by atoms with Gasteiger partial charge in [0.15, 0.2) is 0 Å². The van der Waals surface area contributed by atoms with Gasteiger partial charge in [-0.3, -0.25) is 4.98 Å². The molecule has 0 unspecified atom stereocenters. The van der Waals surface area contributed by atoms with Crippen LogP contribution < -0.4 is 0 Å². The Balaban J connectivity index is 2.07. The molecule has 0 aliphatic rings. The highest BCUT2D eigenvalue weighted by molar-refractivity contribution is 7.09. The molecule has 100 valence electrons. The normalized spacial score (nSPS) is 10.7. The first kappa shape index (κ1) is 13.0. The summed E-state index contributed by atoms with van der Waals surface area (Å²) in [7, 11) is 0. The number of thiazole rings is 1. The van der Waals surface area contributed by atoms with Gasteiger partial charge in [-0.2, -0.15) is 0 Å². The zero-order chi connectivity index (χ0) is 13.9. The standard InChI is InChI=1S/C16H14N2OS/c1-11-18-16(10-20-11)14-6-13(7-17-8-14)15-5-3-2-4-12(15)9-19/h2-8,10,19H,9H2,1H3. The van der Waals surface area contributed by atoms with E-state index in [9.17, 15) is 5.11 Å². The Kier molecular flexibility index (Phi) is 3.58. The third kappa shape index (κ3) is 2.48. The highest BCUT2D eigenvalue weighted by Crippen LogP contribution is 2.28. The molecule has 0 saturated carbocycles. The maximum absolute atomic E-state index is 9.44. The molecule has 0 spiro atoms. The Morgan fingerprint density at radius 2 is 1.95 bits per heavy atom. The van der Waals surface area contributed by atoms with Crippen molar-refractivity contribution in [3.05, 3.63) is 58.7 Å². The van der Waals surface area contributed by atoms with Crippen molar-refractivity contribution in [3.63, 3.8) is 0 Å². The van der Waals surface area contributed by atoms with Crippen LogP contribution in [0.2, 0.25) is 0 Å². The van der Waals surface area contributed by atoms with E-state index in [-0.39, 0.29) is 6.61 Å². The SMILES string of the molecule is Cc1nc(-c2cncc(-c3ccccc3CO)c2)cs1. The Morgan fingerprint density at radius 1 is 1.15 bits per heavy atom. The highest BCUT2D eigenvalue weighted by Gasteiger charge is 2.07. The number of pyridine rings is 1. The van der Waals surface area contributed by atoms with Crippen LogP contribution in [0.4, 0.5) is 0 Å². The average Bonchev–Trinajstić information content (AvgIpc) is 2.94. The molecule has 0 atom stereocenters.